The highest BCUT2D eigenvalue weighted by Gasteiger charge is 2.13. The minimum atomic E-state index is 0.0753. The van der Waals surface area contributed by atoms with Gasteiger partial charge in [0.25, 0.3) is 0 Å². The summed E-state index contributed by atoms with van der Waals surface area (Å²) in [6.45, 7) is 4.08. The molecule has 1 aromatic heterocycles. The zero-order chi connectivity index (χ0) is 15.7. The molecule has 110 valence electrons. The molecule has 0 unspecified atom stereocenters. The van der Waals surface area contributed by atoms with Gasteiger partial charge in [-0.1, -0.05) is 57.4 Å². The minimum Gasteiger partial charge on any atom is -0.293 e. The van der Waals surface area contributed by atoms with Crippen molar-refractivity contribution in [1.82, 2.24) is 4.98 Å². The third-order valence-corrected chi connectivity index (χ3v) is 4.24. The van der Waals surface area contributed by atoms with Gasteiger partial charge in [0.1, 0.15) is 0 Å². The Bertz CT molecular complexity index is 853. The van der Waals surface area contributed by atoms with Crippen LogP contribution in [-0.4, -0.2) is 16.1 Å². The molecular formula is C19H16BrNO. The molecule has 0 bridgehead atoms. The van der Waals surface area contributed by atoms with Crippen molar-refractivity contribution in [3.63, 3.8) is 0 Å². The van der Waals surface area contributed by atoms with Gasteiger partial charge in [0, 0.05) is 16.5 Å². The van der Waals surface area contributed by atoms with Gasteiger partial charge in [-0.2, -0.15) is 0 Å². The molecule has 0 atom stereocenters. The predicted octanol–water partition coefficient (Wildman–Crippen LogP) is 5.10. The lowest BCUT2D eigenvalue weighted by Gasteiger charge is -2.09. The molecule has 3 aromatic rings. The number of nitrogens with zero attached hydrogens (tertiary/aromatic N) is 1. The maximum Gasteiger partial charge on any atom is 0.174 e. The second kappa shape index (κ2) is 6.01. The van der Waals surface area contributed by atoms with E-state index in [-0.39, 0.29) is 5.78 Å². The van der Waals surface area contributed by atoms with E-state index < -0.39 is 0 Å². The predicted molar refractivity (Wildman–Crippen MR) is 94.8 cm³/mol. The first-order chi connectivity index (χ1) is 10.6. The quantitative estimate of drug-likeness (QED) is 0.484. The highest BCUT2D eigenvalue weighted by molar-refractivity contribution is 9.09. The van der Waals surface area contributed by atoms with Crippen LogP contribution in [0.2, 0.25) is 0 Å². The van der Waals surface area contributed by atoms with Gasteiger partial charge in [-0.05, 0) is 32.0 Å². The highest BCUT2D eigenvalue weighted by atomic mass is 79.9. The van der Waals surface area contributed by atoms with Gasteiger partial charge in [-0.3, -0.25) is 4.79 Å². The molecule has 0 N–H and O–H groups in total. The normalized spacial score (nSPS) is 10.9. The molecule has 1 heterocycles. The summed E-state index contributed by atoms with van der Waals surface area (Å²) in [4.78, 5) is 17.0. The Balaban J connectivity index is 2.26. The van der Waals surface area contributed by atoms with Crippen molar-refractivity contribution in [2.75, 3.05) is 5.33 Å². The molecule has 2 aromatic carbocycles. The van der Waals surface area contributed by atoms with E-state index in [1.54, 1.807) is 0 Å². The molecule has 0 aliphatic carbocycles. The Morgan fingerprint density at radius 3 is 2.36 bits per heavy atom. The van der Waals surface area contributed by atoms with Crippen LogP contribution in [0, 0.1) is 13.8 Å². The number of benzene rings is 2. The molecule has 3 heteroatoms. The van der Waals surface area contributed by atoms with Crippen molar-refractivity contribution >= 4 is 32.6 Å². The third-order valence-electron chi connectivity index (χ3n) is 3.73. The van der Waals surface area contributed by atoms with Crippen LogP contribution in [0.4, 0.5) is 0 Å². The van der Waals surface area contributed by atoms with Crippen molar-refractivity contribution in [1.29, 1.82) is 0 Å². The summed E-state index contributed by atoms with van der Waals surface area (Å²) in [5.41, 5.74) is 5.77. The topological polar surface area (TPSA) is 30.0 Å². The maximum atomic E-state index is 12.3. The Kier molecular flexibility index (Phi) is 4.08. The smallest absolute Gasteiger partial charge is 0.174 e. The molecule has 0 saturated carbocycles. The van der Waals surface area contributed by atoms with Gasteiger partial charge in [0.15, 0.2) is 5.78 Å². The van der Waals surface area contributed by atoms with Crippen LogP contribution < -0.4 is 0 Å². The number of carbonyl (C=O) groups excluding carboxylic acids is 1. The average molecular weight is 354 g/mol. The first-order valence-electron chi connectivity index (χ1n) is 7.16. The fourth-order valence-electron chi connectivity index (χ4n) is 2.51. The van der Waals surface area contributed by atoms with Crippen LogP contribution in [-0.2, 0) is 0 Å². The number of Topliss-reactive ketones (excluding diaryl/α,β-unsaturated/α-hetero) is 1. The molecule has 2 nitrogen and oxygen atoms in total. The summed E-state index contributed by atoms with van der Waals surface area (Å²) in [6, 6.07) is 16.1. The fraction of sp³-hybridized carbons (Fsp3) is 0.158. The van der Waals surface area contributed by atoms with E-state index in [2.05, 4.69) is 35.0 Å². The lowest BCUT2D eigenvalue weighted by molar-refractivity contribution is 0.102. The van der Waals surface area contributed by atoms with Crippen LogP contribution in [0.1, 0.15) is 21.5 Å². The second-order valence-electron chi connectivity index (χ2n) is 5.50. The van der Waals surface area contributed by atoms with Gasteiger partial charge >= 0.3 is 0 Å². The molecular weight excluding hydrogens is 338 g/mol. The highest BCUT2D eigenvalue weighted by Crippen LogP contribution is 2.26. The maximum absolute atomic E-state index is 12.3. The Labute approximate surface area is 138 Å². The number of pyridine rings is 1. The largest absolute Gasteiger partial charge is 0.293 e. The number of fused-ring (bicyclic) bond motifs is 1. The van der Waals surface area contributed by atoms with Crippen molar-refractivity contribution in [2.24, 2.45) is 0 Å². The van der Waals surface area contributed by atoms with Crippen molar-refractivity contribution in [3.05, 3.63) is 65.2 Å². The molecule has 0 fully saturated rings. The van der Waals surface area contributed by atoms with Gasteiger partial charge < -0.3 is 0 Å². The summed E-state index contributed by atoms with van der Waals surface area (Å²) in [5, 5.41) is 1.23. The number of hydrogen-bond donors (Lipinski definition) is 0. The SMILES string of the molecule is Cc1ccc(-c2cc(C(=O)CBr)c3cc(C)ccc3n2)cc1. The summed E-state index contributed by atoms with van der Waals surface area (Å²) in [5.74, 6) is 0.0753. The molecule has 0 aliphatic rings. The van der Waals surface area contributed by atoms with E-state index >= 15 is 0 Å². The van der Waals surface area contributed by atoms with Crippen molar-refractivity contribution in [2.45, 2.75) is 13.8 Å². The molecule has 0 amide bonds. The Hall–Kier alpha value is -2.00. The van der Waals surface area contributed by atoms with Crippen LogP contribution in [0.5, 0.6) is 0 Å². The number of hydrogen-bond acceptors (Lipinski definition) is 2. The molecule has 22 heavy (non-hydrogen) atoms. The van der Waals surface area contributed by atoms with Gasteiger partial charge in [0.05, 0.1) is 16.5 Å². The number of ketones is 1. The van der Waals surface area contributed by atoms with Crippen molar-refractivity contribution < 1.29 is 4.79 Å². The lowest BCUT2D eigenvalue weighted by atomic mass is 10.00. The third kappa shape index (κ3) is 2.81. The van der Waals surface area contributed by atoms with E-state index in [1.807, 2.05) is 43.3 Å². The Morgan fingerprint density at radius 1 is 1.00 bits per heavy atom. The minimum absolute atomic E-state index is 0.0753. The van der Waals surface area contributed by atoms with E-state index in [9.17, 15) is 4.79 Å². The molecule has 0 spiro atoms. The van der Waals surface area contributed by atoms with E-state index in [0.717, 1.165) is 33.3 Å². The zero-order valence-corrected chi connectivity index (χ0v) is 14.1. The number of aryl methyl sites for hydroxylation is 2. The van der Waals surface area contributed by atoms with E-state index in [4.69, 9.17) is 4.98 Å². The van der Waals surface area contributed by atoms with Crippen LogP contribution in [0.3, 0.4) is 0 Å². The van der Waals surface area contributed by atoms with Gasteiger partial charge in [0.2, 0.25) is 0 Å². The summed E-state index contributed by atoms with van der Waals surface area (Å²) in [7, 11) is 0. The number of aromatic nitrogens is 1. The van der Waals surface area contributed by atoms with E-state index in [0.29, 0.717) is 5.33 Å². The van der Waals surface area contributed by atoms with Crippen LogP contribution in [0.25, 0.3) is 22.2 Å². The second-order valence-corrected chi connectivity index (χ2v) is 6.06. The van der Waals surface area contributed by atoms with Crippen LogP contribution >= 0.6 is 15.9 Å². The molecule has 3 rings (SSSR count). The summed E-state index contributed by atoms with van der Waals surface area (Å²) >= 11 is 3.28. The van der Waals surface area contributed by atoms with Gasteiger partial charge in [-0.15, -0.1) is 0 Å². The first-order valence-corrected chi connectivity index (χ1v) is 8.28. The first kappa shape index (κ1) is 14.9. The monoisotopic (exact) mass is 353 g/mol. The summed E-state index contributed by atoms with van der Waals surface area (Å²) in [6.07, 6.45) is 0. The summed E-state index contributed by atoms with van der Waals surface area (Å²) < 4.78 is 0. The molecule has 0 saturated heterocycles. The number of alkyl halides is 1. The molecule has 0 radical (unpaired) electrons. The Morgan fingerprint density at radius 2 is 1.68 bits per heavy atom. The van der Waals surface area contributed by atoms with E-state index in [1.165, 1.54) is 5.56 Å². The lowest BCUT2D eigenvalue weighted by Crippen LogP contribution is -2.03. The van der Waals surface area contributed by atoms with Crippen LogP contribution in [0.15, 0.2) is 48.5 Å². The number of halogens is 1. The van der Waals surface area contributed by atoms with Gasteiger partial charge in [-0.25, -0.2) is 4.98 Å². The van der Waals surface area contributed by atoms with Crippen molar-refractivity contribution in [3.8, 4) is 11.3 Å². The number of rotatable bonds is 3. The zero-order valence-electron chi connectivity index (χ0n) is 12.6. The molecule has 0 aliphatic heterocycles. The standard InChI is InChI=1S/C19H16BrNO/c1-12-3-6-14(7-4-12)18-10-16(19(22)11-20)15-9-13(2)5-8-17(15)21-18/h3-10H,11H2,1-2H3. The average Bonchev–Trinajstić information content (AvgIpc) is 2.54. The fourth-order valence-corrected chi connectivity index (χ4v) is 2.82. The number of carbonyl (C=O) groups is 1.